The maximum Gasteiger partial charge on any atom is 0.271 e. The van der Waals surface area contributed by atoms with Crippen LogP contribution in [-0.4, -0.2) is 35.6 Å². The Bertz CT molecular complexity index is 405. The van der Waals surface area contributed by atoms with E-state index in [-0.39, 0.29) is 10.6 Å². The second-order valence-electron chi connectivity index (χ2n) is 3.67. The molecule has 0 radical (unpaired) electrons. The SMILES string of the molecule is C[C@H]1CN(c2nc[nH]c(=O)c2Cl)CCN1. The fourth-order valence-electron chi connectivity index (χ4n) is 1.72. The molecular weight excluding hydrogens is 216 g/mol. The van der Waals surface area contributed by atoms with E-state index in [1.807, 2.05) is 4.90 Å². The summed E-state index contributed by atoms with van der Waals surface area (Å²) in [6, 6.07) is 0.385. The highest BCUT2D eigenvalue weighted by molar-refractivity contribution is 6.32. The standard InChI is InChI=1S/C9H13ClN4O/c1-6-4-14(3-2-11-6)8-7(10)9(15)13-5-12-8/h5-6,11H,2-4H2,1H3,(H,12,13,15)/t6-/m0/s1. The van der Waals surface area contributed by atoms with Gasteiger partial charge in [0.05, 0.1) is 6.33 Å². The van der Waals surface area contributed by atoms with E-state index in [9.17, 15) is 4.79 Å². The zero-order valence-corrected chi connectivity index (χ0v) is 9.21. The Morgan fingerprint density at radius 1 is 1.67 bits per heavy atom. The number of hydrogen-bond acceptors (Lipinski definition) is 4. The van der Waals surface area contributed by atoms with Gasteiger partial charge in [-0.15, -0.1) is 0 Å². The Morgan fingerprint density at radius 3 is 3.20 bits per heavy atom. The lowest BCUT2D eigenvalue weighted by Gasteiger charge is -2.32. The molecule has 82 valence electrons. The van der Waals surface area contributed by atoms with Gasteiger partial charge in [-0.3, -0.25) is 4.79 Å². The second-order valence-corrected chi connectivity index (χ2v) is 4.05. The highest BCUT2D eigenvalue weighted by Gasteiger charge is 2.19. The van der Waals surface area contributed by atoms with E-state index in [1.54, 1.807) is 0 Å². The molecule has 0 amide bonds. The molecule has 0 spiro atoms. The van der Waals surface area contributed by atoms with Crippen molar-refractivity contribution in [1.29, 1.82) is 0 Å². The first kappa shape index (κ1) is 10.4. The van der Waals surface area contributed by atoms with Gasteiger partial charge in [0, 0.05) is 25.7 Å². The van der Waals surface area contributed by atoms with Crippen molar-refractivity contribution in [1.82, 2.24) is 15.3 Å². The fraction of sp³-hybridized carbons (Fsp3) is 0.556. The van der Waals surface area contributed by atoms with Crippen molar-refractivity contribution in [2.75, 3.05) is 24.5 Å². The number of halogens is 1. The number of anilines is 1. The van der Waals surface area contributed by atoms with Crippen LogP contribution in [0.25, 0.3) is 0 Å². The summed E-state index contributed by atoms with van der Waals surface area (Å²) in [5, 5.41) is 3.49. The van der Waals surface area contributed by atoms with Crippen LogP contribution in [0.5, 0.6) is 0 Å². The molecular formula is C9H13ClN4O. The maximum atomic E-state index is 11.3. The highest BCUT2D eigenvalue weighted by Crippen LogP contribution is 2.19. The van der Waals surface area contributed by atoms with Crippen molar-refractivity contribution >= 4 is 17.4 Å². The first-order chi connectivity index (χ1) is 7.18. The molecule has 1 atom stereocenters. The summed E-state index contributed by atoms with van der Waals surface area (Å²) in [5.74, 6) is 0.578. The normalized spacial score (nSPS) is 21.7. The summed E-state index contributed by atoms with van der Waals surface area (Å²) < 4.78 is 0. The summed E-state index contributed by atoms with van der Waals surface area (Å²) in [6.07, 6.45) is 1.39. The summed E-state index contributed by atoms with van der Waals surface area (Å²) in [6.45, 7) is 4.61. The van der Waals surface area contributed by atoms with Crippen LogP contribution in [0.1, 0.15) is 6.92 Å². The van der Waals surface area contributed by atoms with Gasteiger partial charge in [0.1, 0.15) is 5.02 Å². The maximum absolute atomic E-state index is 11.3. The van der Waals surface area contributed by atoms with Crippen molar-refractivity contribution < 1.29 is 0 Å². The first-order valence-electron chi connectivity index (χ1n) is 4.90. The molecule has 1 aliphatic heterocycles. The van der Waals surface area contributed by atoms with Crippen molar-refractivity contribution in [2.24, 2.45) is 0 Å². The average Bonchev–Trinajstić information content (AvgIpc) is 2.22. The van der Waals surface area contributed by atoms with Crippen LogP contribution in [-0.2, 0) is 0 Å². The van der Waals surface area contributed by atoms with Crippen LogP contribution in [0.2, 0.25) is 5.02 Å². The van der Waals surface area contributed by atoms with E-state index in [1.165, 1.54) is 6.33 Å². The highest BCUT2D eigenvalue weighted by atomic mass is 35.5. The number of aromatic nitrogens is 2. The Kier molecular flexibility index (Phi) is 2.93. The number of rotatable bonds is 1. The lowest BCUT2D eigenvalue weighted by Crippen LogP contribution is -2.49. The molecule has 1 aromatic heterocycles. The molecule has 1 aromatic rings. The number of hydrogen-bond donors (Lipinski definition) is 2. The van der Waals surface area contributed by atoms with Gasteiger partial charge in [-0.25, -0.2) is 4.98 Å². The predicted molar refractivity (Wildman–Crippen MR) is 59.5 cm³/mol. The molecule has 0 aromatic carbocycles. The minimum absolute atomic E-state index is 0.173. The lowest BCUT2D eigenvalue weighted by atomic mass is 10.2. The minimum Gasteiger partial charge on any atom is -0.352 e. The largest absolute Gasteiger partial charge is 0.352 e. The predicted octanol–water partition coefficient (Wildman–Crippen LogP) is 0.221. The van der Waals surface area contributed by atoms with Gasteiger partial charge in [-0.1, -0.05) is 11.6 Å². The number of nitrogens with zero attached hydrogens (tertiary/aromatic N) is 2. The minimum atomic E-state index is -0.284. The van der Waals surface area contributed by atoms with E-state index in [4.69, 9.17) is 11.6 Å². The van der Waals surface area contributed by atoms with Crippen LogP contribution in [0.4, 0.5) is 5.82 Å². The van der Waals surface area contributed by atoms with E-state index in [0.29, 0.717) is 11.9 Å². The van der Waals surface area contributed by atoms with Crippen LogP contribution >= 0.6 is 11.6 Å². The van der Waals surface area contributed by atoms with Crippen LogP contribution < -0.4 is 15.8 Å². The van der Waals surface area contributed by atoms with Crippen LogP contribution in [0, 0.1) is 0 Å². The lowest BCUT2D eigenvalue weighted by molar-refractivity contribution is 0.482. The van der Waals surface area contributed by atoms with E-state index >= 15 is 0 Å². The van der Waals surface area contributed by atoms with Gasteiger partial charge in [0.2, 0.25) is 0 Å². The molecule has 6 heteroatoms. The summed E-state index contributed by atoms with van der Waals surface area (Å²) >= 11 is 5.91. The second kappa shape index (κ2) is 4.20. The third-order valence-corrected chi connectivity index (χ3v) is 2.79. The monoisotopic (exact) mass is 228 g/mol. The van der Waals surface area contributed by atoms with Gasteiger partial charge in [-0.2, -0.15) is 0 Å². The fourth-order valence-corrected chi connectivity index (χ4v) is 1.94. The molecule has 5 nitrogen and oxygen atoms in total. The van der Waals surface area contributed by atoms with E-state index in [2.05, 4.69) is 22.2 Å². The zero-order valence-electron chi connectivity index (χ0n) is 8.46. The van der Waals surface area contributed by atoms with Crippen LogP contribution in [0.3, 0.4) is 0 Å². The Labute approximate surface area is 92.5 Å². The molecule has 0 aliphatic carbocycles. The summed E-state index contributed by atoms with van der Waals surface area (Å²) in [7, 11) is 0. The molecule has 15 heavy (non-hydrogen) atoms. The van der Waals surface area contributed by atoms with E-state index in [0.717, 1.165) is 19.6 Å². The quantitative estimate of drug-likeness (QED) is 0.722. The number of H-pyrrole nitrogens is 1. The van der Waals surface area contributed by atoms with Gasteiger partial charge in [0.25, 0.3) is 5.56 Å². The molecule has 1 aliphatic rings. The van der Waals surface area contributed by atoms with Crippen molar-refractivity contribution in [3.63, 3.8) is 0 Å². The van der Waals surface area contributed by atoms with Crippen LogP contribution in [0.15, 0.2) is 11.1 Å². The Morgan fingerprint density at radius 2 is 2.47 bits per heavy atom. The Hall–Kier alpha value is -1.07. The van der Waals surface area contributed by atoms with Gasteiger partial charge >= 0.3 is 0 Å². The Balaban J connectivity index is 2.28. The average molecular weight is 229 g/mol. The van der Waals surface area contributed by atoms with Crippen molar-refractivity contribution in [3.05, 3.63) is 21.7 Å². The molecule has 1 fully saturated rings. The number of nitrogens with one attached hydrogen (secondary N) is 2. The molecule has 0 saturated carbocycles. The van der Waals surface area contributed by atoms with Crippen molar-refractivity contribution in [2.45, 2.75) is 13.0 Å². The number of aromatic amines is 1. The molecule has 1 saturated heterocycles. The first-order valence-corrected chi connectivity index (χ1v) is 5.28. The molecule has 2 rings (SSSR count). The molecule has 2 N–H and O–H groups in total. The van der Waals surface area contributed by atoms with Gasteiger partial charge < -0.3 is 15.2 Å². The summed E-state index contributed by atoms with van der Waals surface area (Å²) in [4.78, 5) is 19.9. The third-order valence-electron chi connectivity index (χ3n) is 2.45. The van der Waals surface area contributed by atoms with Gasteiger partial charge in [0.15, 0.2) is 5.82 Å². The molecule has 0 bridgehead atoms. The zero-order chi connectivity index (χ0) is 10.8. The number of piperazine rings is 1. The molecule has 0 unspecified atom stereocenters. The smallest absolute Gasteiger partial charge is 0.271 e. The van der Waals surface area contributed by atoms with Crippen molar-refractivity contribution in [3.8, 4) is 0 Å². The van der Waals surface area contributed by atoms with E-state index < -0.39 is 0 Å². The third kappa shape index (κ3) is 2.13. The summed E-state index contributed by atoms with van der Waals surface area (Å²) in [5.41, 5.74) is -0.284. The van der Waals surface area contributed by atoms with Gasteiger partial charge in [-0.05, 0) is 6.92 Å². The molecule has 2 heterocycles. The topological polar surface area (TPSA) is 61.0 Å².